The highest BCUT2D eigenvalue weighted by Gasteiger charge is 2.26. The second-order valence-corrected chi connectivity index (χ2v) is 8.37. The van der Waals surface area contributed by atoms with Crippen molar-refractivity contribution in [1.29, 1.82) is 0 Å². The van der Waals surface area contributed by atoms with E-state index < -0.39 is 35.2 Å². The molecule has 2 rings (SSSR count). The minimum absolute atomic E-state index is 0.490. The fraction of sp³-hybridized carbons (Fsp3) is 0.381. The van der Waals surface area contributed by atoms with E-state index >= 15 is 0 Å². The number of ether oxygens (including phenoxy) is 1. The van der Waals surface area contributed by atoms with Gasteiger partial charge in [0.2, 0.25) is 0 Å². The third kappa shape index (κ3) is 7.72. The van der Waals surface area contributed by atoms with Crippen molar-refractivity contribution in [3.8, 4) is 11.1 Å². The number of halogens is 1. The standard InChI is InChI=1S/C19H22ClNO4S.C2H6/c1-19(2,3)25-18(23)17(12-22)21-26(24)16-10-6-14(7-11-16)13-4-8-15(20)9-5-13;1-2/h4-11,17,21-22H,12H2,1-3H3;1-2H3. The smallest absolute Gasteiger partial charge is 0.327 e. The van der Waals surface area contributed by atoms with Crippen LogP contribution in [0.25, 0.3) is 11.1 Å². The summed E-state index contributed by atoms with van der Waals surface area (Å²) >= 11 is 5.89. The predicted molar refractivity (Wildman–Crippen MR) is 114 cm³/mol. The Bertz CT molecular complexity index is 770. The molecule has 2 unspecified atom stereocenters. The SMILES string of the molecule is CC.CC(C)(C)OC(=O)C(CO)NS(=O)c1ccc(-c2ccc(Cl)cc2)cc1. The summed E-state index contributed by atoms with van der Waals surface area (Å²) < 4.78 is 20.2. The molecular weight excluding hydrogens is 398 g/mol. The normalized spacial score (nSPS) is 13.1. The van der Waals surface area contributed by atoms with Crippen LogP contribution in [0.3, 0.4) is 0 Å². The Labute approximate surface area is 174 Å². The Hall–Kier alpha value is -1.73. The molecule has 0 aromatic heterocycles. The molecule has 0 aliphatic carbocycles. The number of esters is 1. The summed E-state index contributed by atoms with van der Waals surface area (Å²) in [6.07, 6.45) is 0. The first-order valence-electron chi connectivity index (χ1n) is 9.07. The van der Waals surface area contributed by atoms with E-state index in [2.05, 4.69) is 4.72 Å². The average Bonchev–Trinajstić information content (AvgIpc) is 2.67. The largest absolute Gasteiger partial charge is 0.459 e. The molecule has 2 atom stereocenters. The van der Waals surface area contributed by atoms with Gasteiger partial charge in [0.15, 0.2) is 0 Å². The van der Waals surface area contributed by atoms with Crippen molar-refractivity contribution < 1.29 is 18.8 Å². The Kier molecular flexibility index (Phi) is 9.82. The number of carbonyl (C=O) groups excluding carboxylic acids is 1. The molecule has 2 aromatic rings. The fourth-order valence-corrected chi connectivity index (χ4v) is 3.22. The van der Waals surface area contributed by atoms with Gasteiger partial charge in [0.05, 0.1) is 11.5 Å². The van der Waals surface area contributed by atoms with Gasteiger partial charge in [-0.3, -0.25) is 4.79 Å². The number of nitrogens with one attached hydrogen (secondary N) is 1. The number of hydrogen-bond acceptors (Lipinski definition) is 4. The van der Waals surface area contributed by atoms with Crippen LogP contribution in [-0.4, -0.2) is 33.5 Å². The summed E-state index contributed by atoms with van der Waals surface area (Å²) in [4.78, 5) is 12.5. The number of carbonyl (C=O) groups is 1. The van der Waals surface area contributed by atoms with Crippen LogP contribution in [0, 0.1) is 0 Å². The maximum Gasteiger partial charge on any atom is 0.327 e. The molecule has 0 saturated carbocycles. The van der Waals surface area contributed by atoms with Gasteiger partial charge in [0, 0.05) is 5.02 Å². The first-order chi connectivity index (χ1) is 13.2. The van der Waals surface area contributed by atoms with Crippen LogP contribution in [0.5, 0.6) is 0 Å². The highest BCUT2D eigenvalue weighted by Crippen LogP contribution is 2.22. The van der Waals surface area contributed by atoms with E-state index in [9.17, 15) is 14.1 Å². The lowest BCUT2D eigenvalue weighted by molar-refractivity contribution is -0.157. The highest BCUT2D eigenvalue weighted by atomic mass is 35.5. The van der Waals surface area contributed by atoms with E-state index in [1.807, 2.05) is 38.1 Å². The second-order valence-electron chi connectivity index (χ2n) is 6.69. The molecule has 5 nitrogen and oxygen atoms in total. The molecule has 0 spiro atoms. The Morgan fingerprint density at radius 3 is 1.96 bits per heavy atom. The number of hydrogen-bond donors (Lipinski definition) is 2. The second kappa shape index (κ2) is 11.3. The fourth-order valence-electron chi connectivity index (χ4n) is 2.14. The molecule has 0 heterocycles. The van der Waals surface area contributed by atoms with Crippen molar-refractivity contribution in [2.24, 2.45) is 0 Å². The zero-order valence-electron chi connectivity index (χ0n) is 16.9. The van der Waals surface area contributed by atoms with Crippen molar-refractivity contribution in [2.45, 2.75) is 51.2 Å². The summed E-state index contributed by atoms with van der Waals surface area (Å²) in [6.45, 7) is 8.67. The van der Waals surface area contributed by atoms with Crippen LogP contribution >= 0.6 is 11.6 Å². The third-order valence-corrected chi connectivity index (χ3v) is 4.82. The Morgan fingerprint density at radius 1 is 1.07 bits per heavy atom. The van der Waals surface area contributed by atoms with Crippen LogP contribution in [0.2, 0.25) is 5.02 Å². The van der Waals surface area contributed by atoms with Gasteiger partial charge < -0.3 is 9.84 Å². The molecule has 2 N–H and O–H groups in total. The quantitative estimate of drug-likeness (QED) is 0.674. The molecule has 0 amide bonds. The van der Waals surface area contributed by atoms with E-state index in [1.54, 1.807) is 45.0 Å². The summed E-state index contributed by atoms with van der Waals surface area (Å²) in [5, 5.41) is 10.1. The Morgan fingerprint density at radius 2 is 1.54 bits per heavy atom. The van der Waals surface area contributed by atoms with Crippen LogP contribution < -0.4 is 4.72 Å². The molecule has 0 fully saturated rings. The average molecular weight is 426 g/mol. The zero-order chi connectivity index (χ0) is 21.3. The van der Waals surface area contributed by atoms with Gasteiger partial charge in [-0.2, -0.15) is 0 Å². The lowest BCUT2D eigenvalue weighted by atomic mass is 10.1. The van der Waals surface area contributed by atoms with Crippen molar-refractivity contribution in [3.05, 3.63) is 53.6 Å². The van der Waals surface area contributed by atoms with E-state index in [1.165, 1.54) is 0 Å². The molecule has 7 heteroatoms. The van der Waals surface area contributed by atoms with Crippen LogP contribution in [0.4, 0.5) is 0 Å². The minimum atomic E-state index is -1.66. The van der Waals surface area contributed by atoms with E-state index in [0.717, 1.165) is 11.1 Å². The number of benzene rings is 2. The van der Waals surface area contributed by atoms with Gasteiger partial charge in [-0.25, -0.2) is 8.93 Å². The van der Waals surface area contributed by atoms with Gasteiger partial charge in [-0.1, -0.05) is 49.7 Å². The molecule has 28 heavy (non-hydrogen) atoms. The summed E-state index contributed by atoms with van der Waals surface area (Å²) in [5.41, 5.74) is 1.25. The summed E-state index contributed by atoms with van der Waals surface area (Å²) in [7, 11) is -1.66. The molecule has 0 aliphatic rings. The molecule has 154 valence electrons. The monoisotopic (exact) mass is 425 g/mol. The molecule has 0 bridgehead atoms. The lowest BCUT2D eigenvalue weighted by Crippen LogP contribution is -2.44. The van der Waals surface area contributed by atoms with Crippen molar-refractivity contribution in [2.75, 3.05) is 6.61 Å². The van der Waals surface area contributed by atoms with Gasteiger partial charge >= 0.3 is 5.97 Å². The third-order valence-electron chi connectivity index (χ3n) is 3.37. The molecule has 0 aliphatic heterocycles. The summed E-state index contributed by atoms with van der Waals surface area (Å²) in [6, 6.07) is 13.4. The predicted octanol–water partition coefficient (Wildman–Crippen LogP) is 4.35. The van der Waals surface area contributed by atoms with Crippen LogP contribution in [-0.2, 0) is 20.5 Å². The molecule has 2 aromatic carbocycles. The molecule has 0 saturated heterocycles. The Balaban J connectivity index is 0.00000190. The maximum absolute atomic E-state index is 12.4. The van der Waals surface area contributed by atoms with Gasteiger partial charge in [0.1, 0.15) is 22.6 Å². The van der Waals surface area contributed by atoms with E-state index in [-0.39, 0.29) is 0 Å². The van der Waals surface area contributed by atoms with Gasteiger partial charge in [0.25, 0.3) is 0 Å². The van der Waals surface area contributed by atoms with Crippen molar-refractivity contribution >= 4 is 28.6 Å². The minimum Gasteiger partial charge on any atom is -0.459 e. The molecular formula is C21H28ClNO4S. The first-order valence-corrected chi connectivity index (χ1v) is 10.6. The van der Waals surface area contributed by atoms with Crippen molar-refractivity contribution in [1.82, 2.24) is 4.72 Å². The van der Waals surface area contributed by atoms with E-state index in [4.69, 9.17) is 16.3 Å². The maximum atomic E-state index is 12.4. The molecule has 0 radical (unpaired) electrons. The lowest BCUT2D eigenvalue weighted by Gasteiger charge is -2.23. The van der Waals surface area contributed by atoms with Gasteiger partial charge in [-0.15, -0.1) is 0 Å². The topological polar surface area (TPSA) is 75.6 Å². The first kappa shape index (κ1) is 24.3. The van der Waals surface area contributed by atoms with Crippen LogP contribution in [0.1, 0.15) is 34.6 Å². The highest BCUT2D eigenvalue weighted by molar-refractivity contribution is 7.83. The van der Waals surface area contributed by atoms with E-state index in [0.29, 0.717) is 9.92 Å². The number of rotatable bonds is 6. The van der Waals surface area contributed by atoms with Gasteiger partial charge in [-0.05, 0) is 56.2 Å². The number of aliphatic hydroxyl groups is 1. The van der Waals surface area contributed by atoms with Crippen LogP contribution in [0.15, 0.2) is 53.4 Å². The number of aliphatic hydroxyl groups excluding tert-OH is 1. The van der Waals surface area contributed by atoms with Crippen molar-refractivity contribution in [3.63, 3.8) is 0 Å². The summed E-state index contributed by atoms with van der Waals surface area (Å²) in [5.74, 6) is -0.647. The zero-order valence-corrected chi connectivity index (χ0v) is 18.4.